The van der Waals surface area contributed by atoms with Gasteiger partial charge in [-0.25, -0.2) is 4.79 Å². The number of rotatable bonds is 5. The van der Waals surface area contributed by atoms with Crippen molar-refractivity contribution in [3.63, 3.8) is 0 Å². The molecule has 1 aromatic carbocycles. The lowest BCUT2D eigenvalue weighted by Gasteiger charge is -2.41. The summed E-state index contributed by atoms with van der Waals surface area (Å²) < 4.78 is 12.5. The van der Waals surface area contributed by atoms with Crippen LogP contribution in [0.2, 0.25) is 0 Å². The van der Waals surface area contributed by atoms with Gasteiger partial charge in [-0.2, -0.15) is 0 Å². The van der Waals surface area contributed by atoms with Gasteiger partial charge in [0.05, 0.1) is 16.5 Å². The van der Waals surface area contributed by atoms with Crippen LogP contribution in [0.5, 0.6) is 0 Å². The molecule has 1 unspecified atom stereocenters. The maximum Gasteiger partial charge on any atom is 0.419 e. The van der Waals surface area contributed by atoms with Crippen LogP contribution in [0, 0.1) is 0 Å². The first-order valence-electron chi connectivity index (χ1n) is 7.41. The molecule has 0 bridgehead atoms. The fraction of sp³-hybridized carbons (Fsp3) is 0.562. The van der Waals surface area contributed by atoms with Gasteiger partial charge in [0.2, 0.25) is 0 Å². The predicted octanol–water partition coefficient (Wildman–Crippen LogP) is 3.85. The smallest absolute Gasteiger partial charge is 0.408 e. The maximum absolute atomic E-state index is 11.7. The van der Waals surface area contributed by atoms with E-state index in [1.54, 1.807) is 11.7 Å². The van der Waals surface area contributed by atoms with Crippen LogP contribution in [0.1, 0.15) is 43.5 Å². The summed E-state index contributed by atoms with van der Waals surface area (Å²) in [6, 6.07) is 5.76. The number of benzene rings is 1. The first kappa shape index (κ1) is 14.7. The lowest BCUT2D eigenvalue weighted by atomic mass is 9.76. The van der Waals surface area contributed by atoms with Gasteiger partial charge in [-0.15, -0.1) is 11.6 Å². The van der Waals surface area contributed by atoms with Gasteiger partial charge in [-0.05, 0) is 50.3 Å². The summed E-state index contributed by atoms with van der Waals surface area (Å²) in [5.41, 5.74) is 2.33. The zero-order valence-electron chi connectivity index (χ0n) is 12.4. The first-order valence-corrected chi connectivity index (χ1v) is 7.85. The molecular weight excluding hydrogens is 290 g/mol. The molecule has 21 heavy (non-hydrogen) atoms. The maximum atomic E-state index is 11.7. The highest BCUT2D eigenvalue weighted by Gasteiger charge is 2.39. The molecule has 0 aliphatic heterocycles. The molecule has 1 heterocycles. The molecule has 0 saturated heterocycles. The largest absolute Gasteiger partial charge is 0.419 e. The third-order valence-corrected chi connectivity index (χ3v) is 5.03. The third kappa shape index (κ3) is 2.51. The van der Waals surface area contributed by atoms with Crippen LogP contribution in [0.25, 0.3) is 11.1 Å². The van der Waals surface area contributed by atoms with Gasteiger partial charge in [-0.1, -0.05) is 6.07 Å². The normalized spacial score (nSPS) is 18.6. The molecule has 1 aliphatic rings. The Kier molecular flexibility index (Phi) is 3.84. The molecule has 0 spiro atoms. The SMILES string of the molecule is CCn1c(=O)oc2cc(C(Cl)CC3(OC)CCC3)ccc21. The highest BCUT2D eigenvalue weighted by Crippen LogP contribution is 2.44. The highest BCUT2D eigenvalue weighted by molar-refractivity contribution is 6.21. The standard InChI is InChI=1S/C16H20ClNO3/c1-3-18-13-6-5-11(9-14(13)21-15(18)19)12(17)10-16(20-2)7-4-8-16/h5-6,9,12H,3-4,7-8,10H2,1-2H3. The van der Waals surface area contributed by atoms with Crippen LogP contribution >= 0.6 is 11.6 Å². The molecule has 2 aromatic rings. The Bertz CT molecular complexity index is 694. The van der Waals surface area contributed by atoms with E-state index in [9.17, 15) is 4.79 Å². The van der Waals surface area contributed by atoms with E-state index in [-0.39, 0.29) is 16.7 Å². The number of hydrogen-bond donors (Lipinski definition) is 0. The van der Waals surface area contributed by atoms with Crippen LogP contribution in [-0.2, 0) is 11.3 Å². The van der Waals surface area contributed by atoms with Crippen molar-refractivity contribution in [3.05, 3.63) is 34.3 Å². The van der Waals surface area contributed by atoms with E-state index in [1.807, 2.05) is 25.1 Å². The molecule has 1 saturated carbocycles. The quantitative estimate of drug-likeness (QED) is 0.788. The van der Waals surface area contributed by atoms with Gasteiger partial charge < -0.3 is 9.15 Å². The summed E-state index contributed by atoms with van der Waals surface area (Å²) >= 11 is 6.56. The lowest BCUT2D eigenvalue weighted by Crippen LogP contribution is -2.39. The summed E-state index contributed by atoms with van der Waals surface area (Å²) in [5, 5.41) is -0.134. The topological polar surface area (TPSA) is 44.4 Å². The number of alkyl halides is 1. The minimum atomic E-state index is -0.317. The van der Waals surface area contributed by atoms with E-state index < -0.39 is 0 Å². The van der Waals surface area contributed by atoms with E-state index in [0.29, 0.717) is 12.1 Å². The Hall–Kier alpha value is -1.26. The van der Waals surface area contributed by atoms with Crippen molar-refractivity contribution in [1.82, 2.24) is 4.57 Å². The number of aromatic nitrogens is 1. The van der Waals surface area contributed by atoms with Crippen molar-refractivity contribution in [1.29, 1.82) is 0 Å². The van der Waals surface area contributed by atoms with E-state index >= 15 is 0 Å². The molecule has 1 aromatic heterocycles. The summed E-state index contributed by atoms with van der Waals surface area (Å²) in [7, 11) is 1.76. The van der Waals surface area contributed by atoms with Crippen molar-refractivity contribution in [2.75, 3.05) is 7.11 Å². The molecule has 1 atom stereocenters. The fourth-order valence-corrected chi connectivity index (χ4v) is 3.50. The Morgan fingerprint density at radius 2 is 2.24 bits per heavy atom. The van der Waals surface area contributed by atoms with Gasteiger partial charge in [0.25, 0.3) is 0 Å². The third-order valence-electron chi connectivity index (χ3n) is 4.62. The van der Waals surface area contributed by atoms with E-state index in [2.05, 4.69) is 0 Å². The second-order valence-electron chi connectivity index (χ2n) is 5.75. The minimum absolute atomic E-state index is 0.0719. The van der Waals surface area contributed by atoms with Crippen LogP contribution < -0.4 is 5.76 Å². The Labute approximate surface area is 128 Å². The van der Waals surface area contributed by atoms with Gasteiger partial charge in [-0.3, -0.25) is 4.57 Å². The Morgan fingerprint density at radius 3 is 2.81 bits per heavy atom. The first-order chi connectivity index (χ1) is 10.1. The van der Waals surface area contributed by atoms with Crippen molar-refractivity contribution in [2.24, 2.45) is 0 Å². The highest BCUT2D eigenvalue weighted by atomic mass is 35.5. The number of oxazole rings is 1. The van der Waals surface area contributed by atoms with E-state index in [0.717, 1.165) is 30.3 Å². The molecule has 0 radical (unpaired) electrons. The molecular formula is C16H20ClNO3. The fourth-order valence-electron chi connectivity index (χ4n) is 3.08. The molecule has 0 amide bonds. The van der Waals surface area contributed by atoms with Gasteiger partial charge >= 0.3 is 5.76 Å². The average Bonchev–Trinajstić information content (AvgIpc) is 2.76. The van der Waals surface area contributed by atoms with Crippen LogP contribution in [0.4, 0.5) is 0 Å². The van der Waals surface area contributed by atoms with Crippen molar-refractivity contribution < 1.29 is 9.15 Å². The summed E-state index contributed by atoms with van der Waals surface area (Å²) in [6.07, 6.45) is 4.12. The second kappa shape index (κ2) is 5.50. The summed E-state index contributed by atoms with van der Waals surface area (Å²) in [4.78, 5) is 11.7. The van der Waals surface area contributed by atoms with Gasteiger partial charge in [0.15, 0.2) is 5.58 Å². The Morgan fingerprint density at radius 1 is 1.48 bits per heavy atom. The molecule has 3 rings (SSSR count). The molecule has 114 valence electrons. The number of fused-ring (bicyclic) bond motifs is 1. The average molecular weight is 310 g/mol. The molecule has 1 fully saturated rings. The summed E-state index contributed by atoms with van der Waals surface area (Å²) in [5.74, 6) is -0.317. The zero-order valence-corrected chi connectivity index (χ0v) is 13.2. The lowest BCUT2D eigenvalue weighted by molar-refractivity contribution is -0.0780. The molecule has 4 nitrogen and oxygen atoms in total. The zero-order chi connectivity index (χ0) is 15.0. The monoisotopic (exact) mass is 309 g/mol. The van der Waals surface area contributed by atoms with Crippen LogP contribution in [0.15, 0.2) is 27.4 Å². The van der Waals surface area contributed by atoms with E-state index in [4.69, 9.17) is 20.8 Å². The van der Waals surface area contributed by atoms with Crippen molar-refractivity contribution in [2.45, 2.75) is 50.1 Å². The number of hydrogen-bond acceptors (Lipinski definition) is 3. The second-order valence-corrected chi connectivity index (χ2v) is 6.28. The summed E-state index contributed by atoms with van der Waals surface area (Å²) in [6.45, 7) is 2.52. The number of halogens is 1. The number of nitrogens with zero attached hydrogens (tertiary/aromatic N) is 1. The molecule has 1 aliphatic carbocycles. The molecule has 0 N–H and O–H groups in total. The number of ether oxygens (including phenoxy) is 1. The van der Waals surface area contributed by atoms with Crippen molar-refractivity contribution in [3.8, 4) is 0 Å². The Balaban J connectivity index is 1.88. The predicted molar refractivity (Wildman–Crippen MR) is 83.0 cm³/mol. The van der Waals surface area contributed by atoms with E-state index in [1.165, 1.54) is 6.42 Å². The van der Waals surface area contributed by atoms with Crippen LogP contribution in [-0.4, -0.2) is 17.3 Å². The number of aryl methyl sites for hydroxylation is 1. The molecule has 5 heteroatoms. The van der Waals surface area contributed by atoms with Gasteiger partial charge in [0.1, 0.15) is 0 Å². The minimum Gasteiger partial charge on any atom is -0.408 e. The number of methoxy groups -OCH3 is 1. The van der Waals surface area contributed by atoms with Crippen LogP contribution in [0.3, 0.4) is 0 Å². The van der Waals surface area contributed by atoms with Gasteiger partial charge in [0, 0.05) is 13.7 Å². The van der Waals surface area contributed by atoms with Crippen molar-refractivity contribution >= 4 is 22.7 Å².